The Morgan fingerprint density at radius 1 is 1.12 bits per heavy atom. The zero-order chi connectivity index (χ0) is 22.5. The van der Waals surface area contributed by atoms with Gasteiger partial charge >= 0.3 is 5.97 Å². The first-order valence-electron chi connectivity index (χ1n) is 10.1. The molecule has 0 fully saturated rings. The van der Waals surface area contributed by atoms with Gasteiger partial charge in [0.15, 0.2) is 0 Å². The number of nitriles is 1. The number of nitrogens with one attached hydrogen (secondary N) is 1. The highest BCUT2D eigenvalue weighted by Crippen LogP contribution is 2.33. The third-order valence-electron chi connectivity index (χ3n) is 5.38. The van der Waals surface area contributed by atoms with Gasteiger partial charge in [-0.25, -0.2) is 4.98 Å². The van der Waals surface area contributed by atoms with Crippen LogP contribution in [0.15, 0.2) is 60.9 Å². The molecule has 2 heterocycles. The molecule has 160 valence electrons. The topological polar surface area (TPSA) is 101 Å². The monoisotopic (exact) mass is 426 g/mol. The third-order valence-corrected chi connectivity index (χ3v) is 5.38. The number of fused-ring (bicyclic) bond motifs is 1. The fourth-order valence-corrected chi connectivity index (χ4v) is 3.77. The van der Waals surface area contributed by atoms with Crippen LogP contribution in [-0.2, 0) is 16.0 Å². The molecule has 1 N–H and O–H groups in total. The molecule has 0 saturated heterocycles. The summed E-state index contributed by atoms with van der Waals surface area (Å²) in [5.74, 6) is 0.178. The number of rotatable bonds is 7. The smallest absolute Gasteiger partial charge is 0.314 e. The first kappa shape index (κ1) is 21.1. The summed E-state index contributed by atoms with van der Waals surface area (Å²) in [5, 5.41) is 9.21. The van der Waals surface area contributed by atoms with Crippen LogP contribution in [0.5, 0.6) is 5.75 Å². The molecule has 0 amide bonds. The van der Waals surface area contributed by atoms with Gasteiger partial charge in [-0.15, -0.1) is 0 Å². The number of imidazole rings is 1. The number of esters is 1. The number of carbonyl (C=O) groups excluding carboxylic acids is 1. The number of carbonyl (C=O) groups is 1. The quantitative estimate of drug-likeness (QED) is 0.440. The Balaban J connectivity index is 1.68. The normalized spacial score (nSPS) is 11.7. The number of methoxy groups -OCH3 is 2. The molecule has 0 saturated carbocycles. The molecule has 1 atom stereocenters. The first-order valence-corrected chi connectivity index (χ1v) is 10.1. The van der Waals surface area contributed by atoms with Crippen LogP contribution in [0.1, 0.15) is 29.3 Å². The Hall–Kier alpha value is -4.18. The van der Waals surface area contributed by atoms with Crippen LogP contribution < -0.4 is 4.74 Å². The molecule has 0 bridgehead atoms. The molecule has 32 heavy (non-hydrogen) atoms. The maximum absolute atomic E-state index is 12.3. The lowest BCUT2D eigenvalue weighted by Gasteiger charge is -2.13. The minimum Gasteiger partial charge on any atom is -0.494 e. The highest BCUT2D eigenvalue weighted by atomic mass is 16.5. The van der Waals surface area contributed by atoms with E-state index in [-0.39, 0.29) is 6.42 Å². The molecule has 4 rings (SSSR count). The van der Waals surface area contributed by atoms with Crippen LogP contribution in [-0.4, -0.2) is 35.1 Å². The van der Waals surface area contributed by atoms with E-state index in [2.05, 4.69) is 40.3 Å². The van der Waals surface area contributed by atoms with Crippen LogP contribution in [0.25, 0.3) is 22.2 Å². The van der Waals surface area contributed by atoms with Crippen LogP contribution in [0.2, 0.25) is 0 Å². The SMILES string of the molecule is COC(=O)C(CC#N)c1ccc(OC)c2[nH]c(Cc3ccc(-c4cccnc4)cc3)nc12. The lowest BCUT2D eigenvalue weighted by molar-refractivity contribution is -0.142. The summed E-state index contributed by atoms with van der Waals surface area (Å²) >= 11 is 0. The number of aromatic nitrogens is 3. The van der Waals surface area contributed by atoms with Gasteiger partial charge in [0.2, 0.25) is 0 Å². The summed E-state index contributed by atoms with van der Waals surface area (Å²) in [6.45, 7) is 0. The Morgan fingerprint density at radius 2 is 1.94 bits per heavy atom. The summed E-state index contributed by atoms with van der Waals surface area (Å²) in [6, 6.07) is 17.8. The molecule has 0 radical (unpaired) electrons. The average Bonchev–Trinajstić information content (AvgIpc) is 3.26. The minimum absolute atomic E-state index is 0.00605. The molecule has 0 aliphatic heterocycles. The number of pyridine rings is 1. The summed E-state index contributed by atoms with van der Waals surface area (Å²) in [7, 11) is 2.90. The van der Waals surface area contributed by atoms with E-state index in [1.54, 1.807) is 25.4 Å². The van der Waals surface area contributed by atoms with Crippen molar-refractivity contribution in [2.45, 2.75) is 18.8 Å². The molecule has 4 aromatic rings. The zero-order valence-electron chi connectivity index (χ0n) is 17.8. The maximum Gasteiger partial charge on any atom is 0.314 e. The van der Waals surface area contributed by atoms with Gasteiger partial charge in [-0.05, 0) is 34.4 Å². The Kier molecular flexibility index (Phi) is 6.13. The van der Waals surface area contributed by atoms with E-state index in [9.17, 15) is 10.1 Å². The Morgan fingerprint density at radius 3 is 2.59 bits per heavy atom. The third kappa shape index (κ3) is 4.16. The van der Waals surface area contributed by atoms with E-state index in [0.29, 0.717) is 28.8 Å². The van der Waals surface area contributed by atoms with Crippen molar-refractivity contribution in [2.75, 3.05) is 14.2 Å². The second-order valence-electron chi connectivity index (χ2n) is 7.32. The van der Waals surface area contributed by atoms with Crippen molar-refractivity contribution in [3.8, 4) is 22.9 Å². The zero-order valence-corrected chi connectivity index (χ0v) is 17.8. The van der Waals surface area contributed by atoms with Crippen molar-refractivity contribution in [3.05, 3.63) is 77.9 Å². The summed E-state index contributed by atoms with van der Waals surface area (Å²) in [5.41, 5.74) is 5.18. The Bertz CT molecular complexity index is 1270. The number of hydrogen-bond donors (Lipinski definition) is 1. The fourth-order valence-electron chi connectivity index (χ4n) is 3.77. The van der Waals surface area contributed by atoms with Crippen molar-refractivity contribution in [2.24, 2.45) is 0 Å². The van der Waals surface area contributed by atoms with Crippen LogP contribution >= 0.6 is 0 Å². The van der Waals surface area contributed by atoms with Gasteiger partial charge < -0.3 is 14.5 Å². The first-order chi connectivity index (χ1) is 15.6. The number of benzene rings is 2. The van der Waals surface area contributed by atoms with Gasteiger partial charge in [0.1, 0.15) is 17.1 Å². The summed E-state index contributed by atoms with van der Waals surface area (Å²) in [4.78, 5) is 24.5. The number of ether oxygens (including phenoxy) is 2. The van der Waals surface area contributed by atoms with Crippen LogP contribution in [0, 0.1) is 11.3 Å². The van der Waals surface area contributed by atoms with E-state index in [1.807, 2.05) is 18.3 Å². The number of nitrogens with zero attached hydrogens (tertiary/aromatic N) is 3. The van der Waals surface area contributed by atoms with Gasteiger partial charge in [-0.1, -0.05) is 36.4 Å². The van der Waals surface area contributed by atoms with Gasteiger partial charge in [0.05, 0.1) is 38.1 Å². The van der Waals surface area contributed by atoms with E-state index < -0.39 is 11.9 Å². The molecule has 0 aliphatic carbocycles. The lowest BCUT2D eigenvalue weighted by Crippen LogP contribution is -2.14. The molecule has 7 heteroatoms. The second kappa shape index (κ2) is 9.31. The molecule has 0 spiro atoms. The molecule has 2 aromatic heterocycles. The van der Waals surface area contributed by atoms with Crippen LogP contribution in [0.4, 0.5) is 0 Å². The van der Waals surface area contributed by atoms with E-state index >= 15 is 0 Å². The minimum atomic E-state index is -0.715. The number of H-pyrrole nitrogens is 1. The highest BCUT2D eigenvalue weighted by Gasteiger charge is 2.26. The fraction of sp³-hybridized carbons (Fsp3) is 0.200. The van der Waals surface area contributed by atoms with E-state index in [1.165, 1.54) is 7.11 Å². The van der Waals surface area contributed by atoms with Crippen LogP contribution in [0.3, 0.4) is 0 Å². The van der Waals surface area contributed by atoms with Gasteiger partial charge in [0, 0.05) is 18.8 Å². The number of hydrogen-bond acceptors (Lipinski definition) is 6. The molecular weight excluding hydrogens is 404 g/mol. The average molecular weight is 426 g/mol. The van der Waals surface area contributed by atoms with Crippen molar-refractivity contribution in [1.29, 1.82) is 5.26 Å². The molecule has 7 nitrogen and oxygen atoms in total. The van der Waals surface area contributed by atoms with Crippen molar-refractivity contribution in [1.82, 2.24) is 15.0 Å². The number of aromatic amines is 1. The van der Waals surface area contributed by atoms with Crippen molar-refractivity contribution >= 4 is 17.0 Å². The van der Waals surface area contributed by atoms with Gasteiger partial charge in [0.25, 0.3) is 0 Å². The standard InChI is InChI=1S/C25H22N4O3/c1-31-21-10-9-19(20(11-12-26)25(30)32-2)23-24(21)29-22(28-23)14-16-5-7-17(8-6-16)18-4-3-13-27-15-18/h3-10,13,15,20H,11,14H2,1-2H3,(H,28,29). The predicted octanol–water partition coefficient (Wildman–Crippen LogP) is 4.39. The van der Waals surface area contributed by atoms with Gasteiger partial charge in [-0.2, -0.15) is 5.26 Å². The molecule has 0 aliphatic rings. The Labute approximate surface area is 185 Å². The summed E-state index contributed by atoms with van der Waals surface area (Å²) < 4.78 is 10.4. The summed E-state index contributed by atoms with van der Waals surface area (Å²) in [6.07, 6.45) is 4.17. The highest BCUT2D eigenvalue weighted by molar-refractivity contribution is 5.90. The van der Waals surface area contributed by atoms with E-state index in [4.69, 9.17) is 14.5 Å². The largest absolute Gasteiger partial charge is 0.494 e. The van der Waals surface area contributed by atoms with Gasteiger partial charge in [-0.3, -0.25) is 9.78 Å². The lowest BCUT2D eigenvalue weighted by atomic mass is 9.95. The molecular formula is C25H22N4O3. The molecule has 1 unspecified atom stereocenters. The van der Waals surface area contributed by atoms with Crippen molar-refractivity contribution < 1.29 is 14.3 Å². The van der Waals surface area contributed by atoms with E-state index in [0.717, 1.165) is 22.5 Å². The second-order valence-corrected chi connectivity index (χ2v) is 7.32. The molecule has 2 aromatic carbocycles. The predicted molar refractivity (Wildman–Crippen MR) is 120 cm³/mol. The van der Waals surface area contributed by atoms with Crippen molar-refractivity contribution in [3.63, 3.8) is 0 Å². The maximum atomic E-state index is 12.3.